The van der Waals surface area contributed by atoms with Gasteiger partial charge in [-0.25, -0.2) is 0 Å². The predicted octanol–water partition coefficient (Wildman–Crippen LogP) is 4.11. The zero-order valence-corrected chi connectivity index (χ0v) is 14.2. The molecule has 0 spiro atoms. The molecule has 22 heavy (non-hydrogen) atoms. The Labute approximate surface area is 134 Å². The van der Waals surface area contributed by atoms with Crippen molar-refractivity contribution < 1.29 is 5.11 Å². The van der Waals surface area contributed by atoms with Crippen LogP contribution in [0.2, 0.25) is 0 Å². The van der Waals surface area contributed by atoms with E-state index in [-0.39, 0.29) is 10.8 Å². The Morgan fingerprint density at radius 2 is 2.05 bits per heavy atom. The standard InChI is InChI=1S/C20H29NO/c1-4-20-9-10-21(13-14-5-6-14)18(19(20,2)3)11-15-7-8-16(22)12-17(15)20/h7-8,12,14,18,22H,4-6,9-11,13H2,1-3H3/t18-,20+/m1/s1. The smallest absolute Gasteiger partial charge is 0.115 e. The molecule has 0 amide bonds. The first-order valence-electron chi connectivity index (χ1n) is 9.04. The molecule has 1 N–H and O–H groups in total. The van der Waals surface area contributed by atoms with E-state index in [9.17, 15) is 5.11 Å². The number of rotatable bonds is 3. The van der Waals surface area contributed by atoms with E-state index in [1.54, 1.807) is 0 Å². The van der Waals surface area contributed by atoms with E-state index in [1.807, 2.05) is 6.07 Å². The van der Waals surface area contributed by atoms with Crippen LogP contribution in [0.4, 0.5) is 0 Å². The van der Waals surface area contributed by atoms with Gasteiger partial charge in [-0.3, -0.25) is 4.90 Å². The van der Waals surface area contributed by atoms with Gasteiger partial charge in [0.2, 0.25) is 0 Å². The highest BCUT2D eigenvalue weighted by atomic mass is 16.3. The maximum atomic E-state index is 10.0. The van der Waals surface area contributed by atoms with Gasteiger partial charge < -0.3 is 5.11 Å². The fourth-order valence-corrected chi connectivity index (χ4v) is 5.52. The van der Waals surface area contributed by atoms with Gasteiger partial charge in [0.25, 0.3) is 0 Å². The Hall–Kier alpha value is -1.02. The summed E-state index contributed by atoms with van der Waals surface area (Å²) in [4.78, 5) is 2.79. The molecule has 1 saturated carbocycles. The van der Waals surface area contributed by atoms with E-state index >= 15 is 0 Å². The van der Waals surface area contributed by atoms with Crippen LogP contribution in [-0.2, 0) is 11.8 Å². The van der Waals surface area contributed by atoms with Gasteiger partial charge in [0, 0.05) is 18.0 Å². The van der Waals surface area contributed by atoms with Gasteiger partial charge in [-0.15, -0.1) is 0 Å². The van der Waals surface area contributed by atoms with Crippen molar-refractivity contribution >= 4 is 0 Å². The van der Waals surface area contributed by atoms with Crippen molar-refractivity contribution in [2.45, 2.75) is 64.3 Å². The molecule has 0 radical (unpaired) electrons. The molecule has 2 aliphatic carbocycles. The van der Waals surface area contributed by atoms with Gasteiger partial charge in [0.15, 0.2) is 0 Å². The number of hydrogen-bond donors (Lipinski definition) is 1. The van der Waals surface area contributed by atoms with Crippen LogP contribution < -0.4 is 0 Å². The minimum atomic E-state index is 0.226. The summed E-state index contributed by atoms with van der Waals surface area (Å²) in [7, 11) is 0. The quantitative estimate of drug-likeness (QED) is 0.908. The second-order valence-corrected chi connectivity index (χ2v) is 8.41. The number of fused-ring (bicyclic) bond motifs is 4. The predicted molar refractivity (Wildman–Crippen MR) is 90.3 cm³/mol. The average molecular weight is 299 g/mol. The summed E-state index contributed by atoms with van der Waals surface area (Å²) in [5, 5.41) is 10.0. The number of phenols is 1. The summed E-state index contributed by atoms with van der Waals surface area (Å²) in [5.41, 5.74) is 3.41. The first-order valence-corrected chi connectivity index (χ1v) is 9.04. The number of aromatic hydroxyl groups is 1. The maximum Gasteiger partial charge on any atom is 0.115 e. The van der Waals surface area contributed by atoms with Gasteiger partial charge in [-0.05, 0) is 73.2 Å². The van der Waals surface area contributed by atoms with Gasteiger partial charge in [0.1, 0.15) is 5.75 Å². The number of benzene rings is 1. The van der Waals surface area contributed by atoms with Crippen molar-refractivity contribution in [2.75, 3.05) is 13.1 Å². The zero-order valence-electron chi connectivity index (χ0n) is 14.2. The number of phenolic OH excluding ortho intramolecular Hbond substituents is 1. The minimum absolute atomic E-state index is 0.226. The van der Waals surface area contributed by atoms with Crippen LogP contribution in [0.15, 0.2) is 18.2 Å². The Morgan fingerprint density at radius 3 is 2.73 bits per heavy atom. The number of likely N-dealkylation sites (tertiary alicyclic amines) is 1. The van der Waals surface area contributed by atoms with Crippen LogP contribution in [0.1, 0.15) is 57.6 Å². The molecule has 1 aliphatic heterocycles. The Balaban J connectivity index is 1.80. The number of hydrogen-bond acceptors (Lipinski definition) is 2. The Kier molecular flexibility index (Phi) is 3.14. The van der Waals surface area contributed by atoms with E-state index in [0.29, 0.717) is 11.8 Å². The molecule has 2 nitrogen and oxygen atoms in total. The molecule has 1 aromatic rings. The van der Waals surface area contributed by atoms with Crippen LogP contribution in [0.25, 0.3) is 0 Å². The molecular formula is C20H29NO. The number of nitrogens with zero attached hydrogens (tertiary/aromatic N) is 1. The lowest BCUT2D eigenvalue weighted by atomic mass is 9.49. The Morgan fingerprint density at radius 1 is 1.27 bits per heavy atom. The van der Waals surface area contributed by atoms with Crippen LogP contribution >= 0.6 is 0 Å². The highest BCUT2D eigenvalue weighted by Gasteiger charge is 2.57. The van der Waals surface area contributed by atoms with Crippen LogP contribution in [0, 0.1) is 11.3 Å². The summed E-state index contributed by atoms with van der Waals surface area (Å²) < 4.78 is 0. The summed E-state index contributed by atoms with van der Waals surface area (Å²) in [6.45, 7) is 9.84. The topological polar surface area (TPSA) is 23.5 Å². The molecule has 0 aromatic heterocycles. The van der Waals surface area contributed by atoms with Crippen LogP contribution in [-0.4, -0.2) is 29.1 Å². The van der Waals surface area contributed by atoms with E-state index in [2.05, 4.69) is 37.8 Å². The van der Waals surface area contributed by atoms with Crippen molar-refractivity contribution in [3.05, 3.63) is 29.3 Å². The molecule has 2 heteroatoms. The zero-order chi connectivity index (χ0) is 15.5. The van der Waals surface area contributed by atoms with E-state index in [4.69, 9.17) is 0 Å². The summed E-state index contributed by atoms with van der Waals surface area (Å²) in [5.74, 6) is 1.40. The van der Waals surface area contributed by atoms with Crippen molar-refractivity contribution in [1.29, 1.82) is 0 Å². The van der Waals surface area contributed by atoms with Crippen molar-refractivity contribution in [2.24, 2.45) is 11.3 Å². The normalized spacial score (nSPS) is 33.5. The summed E-state index contributed by atoms with van der Waals surface area (Å²) >= 11 is 0. The Bertz CT molecular complexity index is 589. The van der Waals surface area contributed by atoms with Crippen LogP contribution in [0.5, 0.6) is 5.75 Å². The molecule has 120 valence electrons. The van der Waals surface area contributed by atoms with Crippen molar-refractivity contribution in [3.8, 4) is 5.75 Å². The SMILES string of the molecule is CC[C@]12CCN(CC3CC3)[C@H](Cc3ccc(O)cc31)C2(C)C. The van der Waals surface area contributed by atoms with Crippen molar-refractivity contribution in [3.63, 3.8) is 0 Å². The van der Waals surface area contributed by atoms with Crippen molar-refractivity contribution in [1.82, 2.24) is 4.90 Å². The largest absolute Gasteiger partial charge is 0.508 e. The van der Waals surface area contributed by atoms with E-state index in [0.717, 1.165) is 12.3 Å². The lowest BCUT2D eigenvalue weighted by molar-refractivity contribution is -0.0499. The second kappa shape index (κ2) is 4.74. The van der Waals surface area contributed by atoms with Gasteiger partial charge in [-0.2, -0.15) is 0 Å². The summed E-state index contributed by atoms with van der Waals surface area (Å²) in [6, 6.07) is 6.77. The fraction of sp³-hybridized carbons (Fsp3) is 0.700. The van der Waals surface area contributed by atoms with E-state index < -0.39 is 0 Å². The first-order chi connectivity index (χ1) is 10.5. The molecular weight excluding hydrogens is 270 g/mol. The third kappa shape index (κ3) is 1.89. The highest BCUT2D eigenvalue weighted by Crippen LogP contribution is 2.58. The molecule has 1 heterocycles. The third-order valence-electron chi connectivity index (χ3n) is 7.15. The lowest BCUT2D eigenvalue weighted by Crippen LogP contribution is -2.64. The molecule has 3 aliphatic rings. The molecule has 1 saturated heterocycles. The highest BCUT2D eigenvalue weighted by molar-refractivity contribution is 5.46. The number of piperidine rings is 1. The van der Waals surface area contributed by atoms with Gasteiger partial charge >= 0.3 is 0 Å². The molecule has 1 aromatic carbocycles. The van der Waals surface area contributed by atoms with Crippen LogP contribution in [0.3, 0.4) is 0 Å². The lowest BCUT2D eigenvalue weighted by Gasteiger charge is -2.62. The van der Waals surface area contributed by atoms with E-state index in [1.165, 1.54) is 49.9 Å². The first kappa shape index (κ1) is 14.6. The third-order valence-corrected chi connectivity index (χ3v) is 7.15. The molecule has 4 rings (SSSR count). The maximum absolute atomic E-state index is 10.0. The summed E-state index contributed by atoms with van der Waals surface area (Å²) in [6.07, 6.45) is 6.43. The molecule has 2 fully saturated rings. The van der Waals surface area contributed by atoms with Gasteiger partial charge in [-0.1, -0.05) is 26.8 Å². The average Bonchev–Trinajstić information content (AvgIpc) is 3.27. The fourth-order valence-electron chi connectivity index (χ4n) is 5.52. The molecule has 2 bridgehead atoms. The second-order valence-electron chi connectivity index (χ2n) is 8.41. The molecule has 0 unspecified atom stereocenters. The monoisotopic (exact) mass is 299 g/mol. The molecule has 2 atom stereocenters. The van der Waals surface area contributed by atoms with Gasteiger partial charge in [0.05, 0.1) is 0 Å². The minimum Gasteiger partial charge on any atom is -0.508 e.